The van der Waals surface area contributed by atoms with Crippen LogP contribution in [0.3, 0.4) is 0 Å². The number of carbonyl (C=O) groups is 2. The second-order valence-corrected chi connectivity index (χ2v) is 5.77. The van der Waals surface area contributed by atoms with Crippen LogP contribution in [0.2, 0.25) is 0 Å². The van der Waals surface area contributed by atoms with Crippen molar-refractivity contribution in [2.24, 2.45) is 11.5 Å². The first kappa shape index (κ1) is 17.8. The molecule has 0 spiro atoms. The van der Waals surface area contributed by atoms with Crippen LogP contribution < -0.4 is 22.1 Å². The topological polar surface area (TPSA) is 159 Å². The van der Waals surface area contributed by atoms with Crippen molar-refractivity contribution in [2.75, 3.05) is 10.6 Å². The Kier molecular flexibility index (Phi) is 4.93. The van der Waals surface area contributed by atoms with Crippen LogP contribution >= 0.6 is 0 Å². The Morgan fingerprint density at radius 3 is 2.26 bits per heavy atom. The molecule has 0 fully saturated rings. The number of carbonyl (C=O) groups excluding carboxylic acids is 2. The molecule has 0 aliphatic rings. The van der Waals surface area contributed by atoms with Crippen molar-refractivity contribution in [1.29, 1.82) is 0 Å². The van der Waals surface area contributed by atoms with Crippen molar-refractivity contribution >= 4 is 29.1 Å². The first-order valence-electron chi connectivity index (χ1n) is 8.01. The van der Waals surface area contributed by atoms with E-state index in [1.165, 1.54) is 0 Å². The molecule has 3 rings (SSSR count). The average molecular weight is 366 g/mol. The van der Waals surface area contributed by atoms with Gasteiger partial charge < -0.3 is 27.2 Å². The molecule has 9 nitrogen and oxygen atoms in total. The molecule has 0 radical (unpaired) electrons. The molecule has 0 saturated heterocycles. The molecule has 0 aliphatic heterocycles. The number of nitrogens with zero attached hydrogens (tertiary/aromatic N) is 1. The van der Waals surface area contributed by atoms with E-state index in [1.807, 2.05) is 0 Å². The van der Waals surface area contributed by atoms with Crippen LogP contribution in [-0.2, 0) is 6.54 Å². The van der Waals surface area contributed by atoms with Crippen molar-refractivity contribution in [3.63, 3.8) is 0 Å². The van der Waals surface area contributed by atoms with Gasteiger partial charge in [-0.15, -0.1) is 0 Å². The first-order valence-corrected chi connectivity index (χ1v) is 8.01. The van der Waals surface area contributed by atoms with Crippen LogP contribution in [-0.4, -0.2) is 27.1 Å². The first-order chi connectivity index (χ1) is 12.9. The maximum absolute atomic E-state index is 11.9. The Labute approximate surface area is 154 Å². The van der Waals surface area contributed by atoms with E-state index in [1.54, 1.807) is 48.5 Å². The van der Waals surface area contributed by atoms with E-state index in [0.29, 0.717) is 29.4 Å². The number of rotatable bonds is 7. The number of phenols is 1. The Balaban J connectivity index is 1.77. The lowest BCUT2D eigenvalue weighted by Gasteiger charge is -2.08. The molecule has 0 saturated carbocycles. The van der Waals surface area contributed by atoms with Gasteiger partial charge in [-0.2, -0.15) is 5.10 Å². The minimum Gasteiger partial charge on any atom is -0.508 e. The zero-order chi connectivity index (χ0) is 19.4. The van der Waals surface area contributed by atoms with Gasteiger partial charge in [0.25, 0.3) is 5.91 Å². The quantitative estimate of drug-likeness (QED) is 0.373. The zero-order valence-electron chi connectivity index (χ0n) is 14.2. The maximum atomic E-state index is 11.9. The van der Waals surface area contributed by atoms with Gasteiger partial charge in [0.2, 0.25) is 5.91 Å². The third kappa shape index (κ3) is 4.15. The molecule has 2 amide bonds. The summed E-state index contributed by atoms with van der Waals surface area (Å²) in [5.41, 5.74) is 12.8. The van der Waals surface area contributed by atoms with Crippen LogP contribution in [0.5, 0.6) is 5.75 Å². The fourth-order valence-corrected chi connectivity index (χ4v) is 2.46. The number of nitrogens with one attached hydrogen (secondary N) is 3. The van der Waals surface area contributed by atoms with Crippen molar-refractivity contribution in [2.45, 2.75) is 6.54 Å². The van der Waals surface area contributed by atoms with Gasteiger partial charge in [-0.1, -0.05) is 12.1 Å². The predicted molar refractivity (Wildman–Crippen MR) is 101 cm³/mol. The molecule has 138 valence electrons. The lowest BCUT2D eigenvalue weighted by atomic mass is 10.2. The molecule has 3 aromatic rings. The molecule has 0 aliphatic carbocycles. The monoisotopic (exact) mass is 366 g/mol. The van der Waals surface area contributed by atoms with Gasteiger partial charge in [-0.25, -0.2) is 0 Å². The van der Waals surface area contributed by atoms with Crippen LogP contribution in [0.4, 0.5) is 17.3 Å². The minimum absolute atomic E-state index is 0.171. The van der Waals surface area contributed by atoms with Crippen molar-refractivity contribution in [3.8, 4) is 5.75 Å². The third-order valence-corrected chi connectivity index (χ3v) is 3.85. The summed E-state index contributed by atoms with van der Waals surface area (Å²) in [4.78, 5) is 23.0. The molecule has 1 aromatic heterocycles. The fraction of sp³-hybridized carbons (Fsp3) is 0.0556. The average Bonchev–Trinajstić information content (AvgIpc) is 3.04. The number of aromatic amines is 1. The van der Waals surface area contributed by atoms with Gasteiger partial charge in [0.1, 0.15) is 17.1 Å². The molecule has 27 heavy (non-hydrogen) atoms. The minimum atomic E-state index is -0.659. The molecule has 1 heterocycles. The fourth-order valence-electron chi connectivity index (χ4n) is 2.46. The third-order valence-electron chi connectivity index (χ3n) is 3.85. The van der Waals surface area contributed by atoms with Gasteiger partial charge in [0.05, 0.1) is 0 Å². The standard InChI is InChI=1S/C18H18N6O3/c19-15(26)11-3-5-12(6-4-11)22-18-14(16(20)27)17(23-24-18)21-9-10-1-7-13(25)8-2-10/h1-8,25H,9H2,(H2,19,26)(H2,20,27)(H3,21,22,23,24). The highest BCUT2D eigenvalue weighted by Crippen LogP contribution is 2.25. The van der Waals surface area contributed by atoms with Crippen molar-refractivity contribution < 1.29 is 14.7 Å². The number of H-pyrrole nitrogens is 1. The van der Waals surface area contributed by atoms with Gasteiger partial charge >= 0.3 is 0 Å². The van der Waals surface area contributed by atoms with E-state index < -0.39 is 11.8 Å². The van der Waals surface area contributed by atoms with Crippen molar-refractivity contribution in [3.05, 3.63) is 65.2 Å². The number of phenolic OH excluding ortho intramolecular Hbond substituents is 1. The summed E-state index contributed by atoms with van der Waals surface area (Å²) < 4.78 is 0. The molecular weight excluding hydrogens is 348 g/mol. The lowest BCUT2D eigenvalue weighted by molar-refractivity contribution is 0.0992. The number of aromatic hydroxyl groups is 1. The number of nitrogens with two attached hydrogens (primary N) is 2. The highest BCUT2D eigenvalue weighted by atomic mass is 16.3. The molecule has 9 heteroatoms. The predicted octanol–water partition coefficient (Wildman–Crippen LogP) is 1.67. The van der Waals surface area contributed by atoms with E-state index in [-0.39, 0.29) is 11.3 Å². The number of amides is 2. The van der Waals surface area contributed by atoms with Gasteiger partial charge in [-0.3, -0.25) is 14.7 Å². The second kappa shape index (κ2) is 7.48. The highest BCUT2D eigenvalue weighted by Gasteiger charge is 2.18. The molecule has 8 N–H and O–H groups in total. The summed E-state index contributed by atoms with van der Waals surface area (Å²) in [7, 11) is 0. The second-order valence-electron chi connectivity index (χ2n) is 5.77. The number of anilines is 3. The van der Waals surface area contributed by atoms with Crippen LogP contribution in [0, 0.1) is 0 Å². The molecule has 0 unspecified atom stereocenters. The summed E-state index contributed by atoms with van der Waals surface area (Å²) in [6, 6.07) is 13.1. The van der Waals surface area contributed by atoms with E-state index in [9.17, 15) is 14.7 Å². The Morgan fingerprint density at radius 2 is 1.67 bits per heavy atom. The van der Waals surface area contributed by atoms with E-state index in [2.05, 4.69) is 20.8 Å². The summed E-state index contributed by atoms with van der Waals surface area (Å²) in [6.07, 6.45) is 0. The SMILES string of the molecule is NC(=O)c1ccc(Nc2[nH]nc(NCc3ccc(O)cc3)c2C(N)=O)cc1. The summed E-state index contributed by atoms with van der Waals surface area (Å²) in [5.74, 6) is -0.394. The van der Waals surface area contributed by atoms with E-state index in [4.69, 9.17) is 11.5 Å². The van der Waals surface area contributed by atoms with Crippen LogP contribution in [0.25, 0.3) is 0 Å². The summed E-state index contributed by atoms with van der Waals surface area (Å²) in [5, 5.41) is 22.2. The lowest BCUT2D eigenvalue weighted by Crippen LogP contribution is -2.15. The summed E-state index contributed by atoms with van der Waals surface area (Å²) >= 11 is 0. The number of benzene rings is 2. The number of primary amides is 2. The Bertz CT molecular complexity index is 964. The van der Waals surface area contributed by atoms with E-state index in [0.717, 1.165) is 5.56 Å². The van der Waals surface area contributed by atoms with Gasteiger partial charge in [0.15, 0.2) is 5.82 Å². The number of hydrogen-bond donors (Lipinski definition) is 6. The van der Waals surface area contributed by atoms with E-state index >= 15 is 0 Å². The molecular formula is C18H18N6O3. The number of hydrogen-bond acceptors (Lipinski definition) is 6. The van der Waals surface area contributed by atoms with Crippen molar-refractivity contribution in [1.82, 2.24) is 10.2 Å². The maximum Gasteiger partial charge on any atom is 0.256 e. The van der Waals surface area contributed by atoms with Gasteiger partial charge in [-0.05, 0) is 42.0 Å². The molecule has 2 aromatic carbocycles. The number of aromatic nitrogens is 2. The van der Waals surface area contributed by atoms with Crippen LogP contribution in [0.15, 0.2) is 48.5 Å². The normalized spacial score (nSPS) is 10.4. The largest absolute Gasteiger partial charge is 0.508 e. The Hall–Kier alpha value is -4.01. The molecule has 0 atom stereocenters. The zero-order valence-corrected chi connectivity index (χ0v) is 14.2. The smallest absolute Gasteiger partial charge is 0.256 e. The summed E-state index contributed by atoms with van der Waals surface area (Å²) in [6.45, 7) is 0.387. The van der Waals surface area contributed by atoms with Crippen LogP contribution in [0.1, 0.15) is 26.3 Å². The van der Waals surface area contributed by atoms with Gasteiger partial charge in [0, 0.05) is 17.8 Å². The highest BCUT2D eigenvalue weighted by molar-refractivity contribution is 6.03. The molecule has 0 bridgehead atoms. The Morgan fingerprint density at radius 1 is 1.00 bits per heavy atom.